The van der Waals surface area contributed by atoms with E-state index in [1.807, 2.05) is 18.2 Å². The second kappa shape index (κ2) is 9.41. The van der Waals surface area contributed by atoms with Gasteiger partial charge in [0.1, 0.15) is 5.84 Å². The average molecular weight is 446 g/mol. The highest BCUT2D eigenvalue weighted by molar-refractivity contribution is 6.02. The predicted molar refractivity (Wildman–Crippen MR) is 131 cm³/mol. The zero-order valence-electron chi connectivity index (χ0n) is 19.4. The Hall–Kier alpha value is -3.09. The van der Waals surface area contributed by atoms with Crippen molar-refractivity contribution >= 4 is 11.5 Å². The number of fused-ring (bicyclic) bond motifs is 1. The Kier molecular flexibility index (Phi) is 6.20. The van der Waals surface area contributed by atoms with Crippen LogP contribution in [0.4, 0.5) is 0 Å². The third-order valence-corrected chi connectivity index (χ3v) is 6.77. The van der Waals surface area contributed by atoms with Gasteiger partial charge in [0.05, 0.1) is 26.5 Å². The molecule has 3 aliphatic heterocycles. The van der Waals surface area contributed by atoms with E-state index in [2.05, 4.69) is 40.3 Å². The zero-order chi connectivity index (χ0) is 22.8. The molecule has 0 spiro atoms. The first kappa shape index (κ1) is 21.7. The number of benzene rings is 1. The van der Waals surface area contributed by atoms with Crippen molar-refractivity contribution in [3.05, 3.63) is 76.7 Å². The number of aliphatic hydroxyl groups is 1. The molecule has 33 heavy (non-hydrogen) atoms. The van der Waals surface area contributed by atoms with Crippen LogP contribution in [0.15, 0.2) is 76.1 Å². The first-order valence-corrected chi connectivity index (χ1v) is 11.7. The maximum Gasteiger partial charge on any atom is 0.161 e. The Balaban J connectivity index is 1.47. The highest BCUT2D eigenvalue weighted by atomic mass is 16.5. The van der Waals surface area contributed by atoms with Crippen molar-refractivity contribution in [2.45, 2.75) is 25.7 Å². The Morgan fingerprint density at radius 1 is 1.06 bits per heavy atom. The topological polar surface area (TPSA) is 57.5 Å². The number of hydrogen-bond donors (Lipinski definition) is 1. The summed E-state index contributed by atoms with van der Waals surface area (Å²) in [5.41, 5.74) is 7.30. The molecule has 0 unspecified atom stereocenters. The normalized spacial score (nSPS) is 20.4. The van der Waals surface area contributed by atoms with E-state index in [1.54, 1.807) is 14.2 Å². The molecule has 3 heterocycles. The van der Waals surface area contributed by atoms with E-state index in [-0.39, 0.29) is 6.61 Å². The van der Waals surface area contributed by atoms with Crippen LogP contribution in [0, 0.1) is 0 Å². The van der Waals surface area contributed by atoms with E-state index < -0.39 is 0 Å². The zero-order valence-corrected chi connectivity index (χ0v) is 19.4. The molecule has 172 valence electrons. The number of β-amino-alcohol motifs (C(OH)–C–C–N with tert-alkyl or cyclic N) is 1. The number of methoxy groups -OCH3 is 2. The monoisotopic (exact) mass is 445 g/mol. The molecule has 6 heteroatoms. The van der Waals surface area contributed by atoms with Gasteiger partial charge in [0.25, 0.3) is 0 Å². The summed E-state index contributed by atoms with van der Waals surface area (Å²) in [5, 5.41) is 9.20. The number of hydrogen-bond acceptors (Lipinski definition) is 6. The van der Waals surface area contributed by atoms with E-state index in [0.717, 1.165) is 56.0 Å². The number of aliphatic hydroxyl groups excluding tert-OH is 1. The molecule has 0 amide bonds. The van der Waals surface area contributed by atoms with Gasteiger partial charge < -0.3 is 19.5 Å². The van der Waals surface area contributed by atoms with E-state index in [0.29, 0.717) is 11.5 Å². The lowest BCUT2D eigenvalue weighted by atomic mass is 9.88. The molecule has 1 aliphatic carbocycles. The lowest BCUT2D eigenvalue weighted by Crippen LogP contribution is -2.33. The van der Waals surface area contributed by atoms with Gasteiger partial charge in [-0.2, -0.15) is 0 Å². The fraction of sp³-hybridized carbons (Fsp3) is 0.370. The van der Waals surface area contributed by atoms with Gasteiger partial charge in [-0.3, -0.25) is 4.90 Å². The highest BCUT2D eigenvalue weighted by Gasteiger charge is 2.27. The molecule has 0 atom stereocenters. The summed E-state index contributed by atoms with van der Waals surface area (Å²) >= 11 is 0. The summed E-state index contributed by atoms with van der Waals surface area (Å²) in [6, 6.07) is 5.96. The quantitative estimate of drug-likeness (QED) is 0.709. The number of aliphatic imine (C=N–C) groups is 1. The lowest BCUT2D eigenvalue weighted by molar-refractivity contribution is 0.205. The molecular formula is C27H31N3O3. The third kappa shape index (κ3) is 4.28. The third-order valence-electron chi connectivity index (χ3n) is 6.77. The molecule has 0 radical (unpaired) electrons. The summed E-state index contributed by atoms with van der Waals surface area (Å²) in [6.07, 6.45) is 15.6. The van der Waals surface area contributed by atoms with Gasteiger partial charge in [0.2, 0.25) is 0 Å². The van der Waals surface area contributed by atoms with Crippen molar-refractivity contribution in [2.24, 2.45) is 4.99 Å². The number of allylic oxidation sites excluding steroid dienone is 4. The highest BCUT2D eigenvalue weighted by Crippen LogP contribution is 2.39. The van der Waals surface area contributed by atoms with Gasteiger partial charge in [-0.1, -0.05) is 6.08 Å². The van der Waals surface area contributed by atoms with Crippen LogP contribution >= 0.6 is 0 Å². The minimum atomic E-state index is 0.213. The second-order valence-electron chi connectivity index (χ2n) is 8.70. The number of amidine groups is 1. The maximum absolute atomic E-state index is 9.20. The Morgan fingerprint density at radius 3 is 2.58 bits per heavy atom. The van der Waals surface area contributed by atoms with Crippen molar-refractivity contribution < 1.29 is 14.6 Å². The molecular weight excluding hydrogens is 414 g/mol. The minimum absolute atomic E-state index is 0.213. The van der Waals surface area contributed by atoms with Crippen molar-refractivity contribution in [1.29, 1.82) is 0 Å². The molecule has 1 fully saturated rings. The number of ether oxygens (including phenoxy) is 2. The Labute approximate surface area is 195 Å². The van der Waals surface area contributed by atoms with Gasteiger partial charge in [0.15, 0.2) is 11.5 Å². The minimum Gasteiger partial charge on any atom is -0.493 e. The van der Waals surface area contributed by atoms with Gasteiger partial charge in [-0.05, 0) is 78.8 Å². The smallest absolute Gasteiger partial charge is 0.161 e. The van der Waals surface area contributed by atoms with E-state index in [1.165, 1.54) is 28.8 Å². The Bertz CT molecular complexity index is 1120. The van der Waals surface area contributed by atoms with E-state index in [9.17, 15) is 5.11 Å². The van der Waals surface area contributed by atoms with Crippen LogP contribution in [-0.2, 0) is 0 Å². The van der Waals surface area contributed by atoms with Crippen LogP contribution in [0.2, 0.25) is 0 Å². The van der Waals surface area contributed by atoms with Crippen LogP contribution in [0.25, 0.3) is 5.70 Å². The van der Waals surface area contributed by atoms with Gasteiger partial charge in [-0.15, -0.1) is 0 Å². The average Bonchev–Trinajstić information content (AvgIpc) is 2.83. The molecule has 0 aromatic heterocycles. The predicted octanol–water partition coefficient (Wildman–Crippen LogP) is 4.27. The largest absolute Gasteiger partial charge is 0.493 e. The summed E-state index contributed by atoms with van der Waals surface area (Å²) in [7, 11) is 3.31. The molecule has 6 nitrogen and oxygen atoms in total. The fourth-order valence-corrected chi connectivity index (χ4v) is 4.67. The van der Waals surface area contributed by atoms with Gasteiger partial charge >= 0.3 is 0 Å². The summed E-state index contributed by atoms with van der Waals surface area (Å²) in [4.78, 5) is 9.54. The van der Waals surface area contributed by atoms with Crippen molar-refractivity contribution in [2.75, 3.05) is 40.5 Å². The van der Waals surface area contributed by atoms with Gasteiger partial charge in [0, 0.05) is 37.1 Å². The molecule has 1 saturated carbocycles. The van der Waals surface area contributed by atoms with E-state index in [4.69, 9.17) is 14.5 Å². The molecule has 5 rings (SSSR count). The molecule has 1 N–H and O–H groups in total. The van der Waals surface area contributed by atoms with Crippen molar-refractivity contribution in [1.82, 2.24) is 9.80 Å². The molecule has 4 aliphatic rings. The molecule has 1 aromatic carbocycles. The van der Waals surface area contributed by atoms with Crippen LogP contribution < -0.4 is 9.47 Å². The standard InChI is InChI=1S/C27H31N3O3/c1-32-25-8-6-21(16-26(25)33-2)23-17-24(20-4-3-5-20)30-18-22(7-9-27(30)28-23)19-10-12-29(13-11-19)14-15-31/h6-10,16-18,31H,3-5,11-15H2,1-2H3. The fourth-order valence-electron chi connectivity index (χ4n) is 4.67. The molecule has 0 saturated heterocycles. The second-order valence-corrected chi connectivity index (χ2v) is 8.70. The van der Waals surface area contributed by atoms with Crippen LogP contribution in [0.1, 0.15) is 31.2 Å². The molecule has 1 aromatic rings. The SMILES string of the molecule is COc1ccc(C2=CC(=C3CCC3)N3C=C(C4=CCN(CCO)CC4)C=CC3=N2)cc1OC. The van der Waals surface area contributed by atoms with Crippen molar-refractivity contribution in [3.63, 3.8) is 0 Å². The van der Waals surface area contributed by atoms with Crippen LogP contribution in [0.5, 0.6) is 11.5 Å². The number of nitrogens with zero attached hydrogens (tertiary/aromatic N) is 3. The summed E-state index contributed by atoms with van der Waals surface area (Å²) in [6.45, 7) is 2.82. The van der Waals surface area contributed by atoms with Crippen LogP contribution in [-0.4, -0.2) is 61.2 Å². The number of rotatable bonds is 6. The molecule has 0 bridgehead atoms. The lowest BCUT2D eigenvalue weighted by Gasteiger charge is -2.35. The first-order valence-electron chi connectivity index (χ1n) is 11.7. The van der Waals surface area contributed by atoms with E-state index >= 15 is 0 Å². The summed E-state index contributed by atoms with van der Waals surface area (Å²) < 4.78 is 10.9. The van der Waals surface area contributed by atoms with Gasteiger partial charge in [-0.25, -0.2) is 4.99 Å². The van der Waals surface area contributed by atoms with Crippen LogP contribution in [0.3, 0.4) is 0 Å². The maximum atomic E-state index is 9.20. The van der Waals surface area contributed by atoms with Crippen molar-refractivity contribution in [3.8, 4) is 11.5 Å². The first-order chi connectivity index (χ1) is 16.2. The summed E-state index contributed by atoms with van der Waals surface area (Å²) in [5.74, 6) is 2.36. The Morgan fingerprint density at radius 2 is 1.91 bits per heavy atom.